The molecule has 2 rings (SSSR count). The van der Waals surface area contributed by atoms with Crippen molar-refractivity contribution in [1.82, 2.24) is 4.98 Å². The van der Waals surface area contributed by atoms with E-state index in [1.54, 1.807) is 11.8 Å². The van der Waals surface area contributed by atoms with E-state index in [1.165, 1.54) is 0 Å². The van der Waals surface area contributed by atoms with Crippen LogP contribution in [0.5, 0.6) is 0 Å². The van der Waals surface area contributed by atoms with E-state index < -0.39 is 0 Å². The smallest absolute Gasteiger partial charge is 0.103 e. The maximum absolute atomic E-state index is 9.26. The summed E-state index contributed by atoms with van der Waals surface area (Å²) in [6.45, 7) is 3.79. The first-order valence-electron chi connectivity index (χ1n) is 5.94. The number of anilines is 2. The number of pyridine rings is 1. The zero-order valence-electron chi connectivity index (χ0n) is 11.2. The molecule has 0 aliphatic heterocycles. The lowest BCUT2D eigenvalue weighted by molar-refractivity contribution is 1.11. The van der Waals surface area contributed by atoms with Gasteiger partial charge in [-0.2, -0.15) is 5.26 Å². The molecule has 1 aromatic heterocycles. The number of nitrogens with zero attached hydrogens (tertiary/aromatic N) is 2. The molecule has 19 heavy (non-hydrogen) atoms. The van der Waals surface area contributed by atoms with Crippen LogP contribution in [0.15, 0.2) is 35.2 Å². The Morgan fingerprint density at radius 3 is 2.63 bits per heavy atom. The minimum Gasteiger partial charge on any atom is -0.353 e. The van der Waals surface area contributed by atoms with E-state index in [0.29, 0.717) is 5.56 Å². The van der Waals surface area contributed by atoms with Crippen molar-refractivity contribution < 1.29 is 0 Å². The highest BCUT2D eigenvalue weighted by molar-refractivity contribution is 7.98. The Hall–Kier alpha value is -1.99. The summed E-state index contributed by atoms with van der Waals surface area (Å²) >= 11 is 1.68. The lowest BCUT2D eigenvalue weighted by Gasteiger charge is -2.13. The molecule has 0 amide bonds. The Morgan fingerprint density at radius 2 is 1.95 bits per heavy atom. The van der Waals surface area contributed by atoms with Crippen LogP contribution in [0.4, 0.5) is 11.4 Å². The van der Waals surface area contributed by atoms with E-state index in [2.05, 4.69) is 22.4 Å². The van der Waals surface area contributed by atoms with Gasteiger partial charge in [-0.15, -0.1) is 11.8 Å². The average molecular weight is 269 g/mol. The summed E-state index contributed by atoms with van der Waals surface area (Å²) in [5, 5.41) is 12.6. The summed E-state index contributed by atoms with van der Waals surface area (Å²) in [6, 6.07) is 12.2. The first-order chi connectivity index (χ1) is 9.15. The molecule has 0 bridgehead atoms. The molecule has 96 valence electrons. The molecule has 0 saturated heterocycles. The number of benzene rings is 1. The Morgan fingerprint density at radius 1 is 1.21 bits per heavy atom. The fourth-order valence-electron chi connectivity index (χ4n) is 1.96. The second-order valence-electron chi connectivity index (χ2n) is 4.21. The Labute approximate surface area is 117 Å². The topological polar surface area (TPSA) is 48.7 Å². The van der Waals surface area contributed by atoms with Crippen molar-refractivity contribution in [3.8, 4) is 6.07 Å². The third-order valence-corrected chi connectivity index (χ3v) is 3.61. The standard InChI is InChI=1S/C15H15N3S/c1-10-8-14(12(9-16)11(2)17-10)18-13-6-4-5-7-15(13)19-3/h4-8H,1-3H3,(H,17,18). The van der Waals surface area contributed by atoms with Crippen LogP contribution < -0.4 is 5.32 Å². The Kier molecular flexibility index (Phi) is 4.08. The van der Waals surface area contributed by atoms with Gasteiger partial charge in [-0.1, -0.05) is 12.1 Å². The molecule has 4 heteroatoms. The molecule has 3 nitrogen and oxygen atoms in total. The van der Waals surface area contributed by atoms with Crippen molar-refractivity contribution in [1.29, 1.82) is 5.26 Å². The fourth-order valence-corrected chi connectivity index (χ4v) is 2.51. The van der Waals surface area contributed by atoms with E-state index in [4.69, 9.17) is 0 Å². The maximum atomic E-state index is 9.26. The summed E-state index contributed by atoms with van der Waals surface area (Å²) in [4.78, 5) is 5.47. The lowest BCUT2D eigenvalue weighted by Crippen LogP contribution is -2.00. The van der Waals surface area contributed by atoms with E-state index in [-0.39, 0.29) is 0 Å². The maximum Gasteiger partial charge on any atom is 0.103 e. The van der Waals surface area contributed by atoms with Crippen LogP contribution in [-0.4, -0.2) is 11.2 Å². The number of nitriles is 1. The summed E-state index contributed by atoms with van der Waals surface area (Å²) in [6.07, 6.45) is 2.04. The van der Waals surface area contributed by atoms with Crippen molar-refractivity contribution in [2.75, 3.05) is 11.6 Å². The highest BCUT2D eigenvalue weighted by atomic mass is 32.2. The second-order valence-corrected chi connectivity index (χ2v) is 5.06. The zero-order chi connectivity index (χ0) is 13.8. The molecule has 1 aromatic carbocycles. The summed E-state index contributed by atoms with van der Waals surface area (Å²) in [5.74, 6) is 0. The van der Waals surface area contributed by atoms with Gasteiger partial charge in [0.05, 0.1) is 22.6 Å². The first-order valence-corrected chi connectivity index (χ1v) is 7.16. The van der Waals surface area contributed by atoms with E-state index in [1.807, 2.05) is 44.4 Å². The van der Waals surface area contributed by atoms with Crippen molar-refractivity contribution in [3.63, 3.8) is 0 Å². The van der Waals surface area contributed by atoms with E-state index >= 15 is 0 Å². The summed E-state index contributed by atoms with van der Waals surface area (Å²) < 4.78 is 0. The molecule has 1 heterocycles. The Bertz CT molecular complexity index is 644. The number of thioether (sulfide) groups is 1. The number of rotatable bonds is 3. The molecule has 2 aromatic rings. The third kappa shape index (κ3) is 2.88. The van der Waals surface area contributed by atoms with Gasteiger partial charge in [0.1, 0.15) is 6.07 Å². The van der Waals surface area contributed by atoms with Gasteiger partial charge in [0.25, 0.3) is 0 Å². The molecule has 0 atom stereocenters. The van der Waals surface area contributed by atoms with Crippen molar-refractivity contribution in [2.45, 2.75) is 18.7 Å². The van der Waals surface area contributed by atoms with Crippen LogP contribution in [0.2, 0.25) is 0 Å². The van der Waals surface area contributed by atoms with Gasteiger partial charge in [0, 0.05) is 10.6 Å². The third-order valence-electron chi connectivity index (χ3n) is 2.82. The predicted molar refractivity (Wildman–Crippen MR) is 79.9 cm³/mol. The number of aryl methyl sites for hydroxylation is 2. The summed E-state index contributed by atoms with van der Waals surface area (Å²) in [5.41, 5.74) is 4.08. The second kappa shape index (κ2) is 5.77. The van der Waals surface area contributed by atoms with Gasteiger partial charge < -0.3 is 5.32 Å². The van der Waals surface area contributed by atoms with Gasteiger partial charge in [0.2, 0.25) is 0 Å². The van der Waals surface area contributed by atoms with E-state index in [9.17, 15) is 5.26 Å². The minimum atomic E-state index is 0.599. The van der Waals surface area contributed by atoms with Gasteiger partial charge in [0.15, 0.2) is 0 Å². The fraction of sp³-hybridized carbons (Fsp3) is 0.200. The molecule has 0 unspecified atom stereocenters. The highest BCUT2D eigenvalue weighted by Crippen LogP contribution is 2.29. The SMILES string of the molecule is CSc1ccccc1Nc1cc(C)nc(C)c1C#N. The largest absolute Gasteiger partial charge is 0.353 e. The van der Waals surface area contributed by atoms with Crippen molar-refractivity contribution >= 4 is 23.1 Å². The molecule has 0 aliphatic carbocycles. The number of aromatic nitrogens is 1. The van der Waals surface area contributed by atoms with Crippen molar-refractivity contribution in [2.24, 2.45) is 0 Å². The van der Waals surface area contributed by atoms with Gasteiger partial charge >= 0.3 is 0 Å². The number of nitrogens with one attached hydrogen (secondary N) is 1. The van der Waals surface area contributed by atoms with Crippen LogP contribution >= 0.6 is 11.8 Å². The average Bonchev–Trinajstić information content (AvgIpc) is 2.39. The quantitative estimate of drug-likeness (QED) is 0.854. The number of para-hydroxylation sites is 1. The van der Waals surface area contributed by atoms with Crippen LogP contribution in [0, 0.1) is 25.2 Å². The Balaban J connectivity index is 2.47. The first kappa shape index (κ1) is 13.4. The number of hydrogen-bond donors (Lipinski definition) is 1. The van der Waals surface area contributed by atoms with Crippen LogP contribution in [-0.2, 0) is 0 Å². The molecule has 0 radical (unpaired) electrons. The lowest BCUT2D eigenvalue weighted by atomic mass is 10.1. The minimum absolute atomic E-state index is 0.599. The van der Waals surface area contributed by atoms with Crippen LogP contribution in [0.3, 0.4) is 0 Å². The predicted octanol–water partition coefficient (Wildman–Crippen LogP) is 4.04. The highest BCUT2D eigenvalue weighted by Gasteiger charge is 2.09. The van der Waals surface area contributed by atoms with Crippen molar-refractivity contribution in [3.05, 3.63) is 47.3 Å². The monoisotopic (exact) mass is 269 g/mol. The van der Waals surface area contributed by atoms with Gasteiger partial charge in [-0.3, -0.25) is 4.98 Å². The normalized spacial score (nSPS) is 10.0. The molecular formula is C15H15N3S. The number of hydrogen-bond acceptors (Lipinski definition) is 4. The molecule has 0 spiro atoms. The van der Waals surface area contributed by atoms with Gasteiger partial charge in [-0.25, -0.2) is 0 Å². The van der Waals surface area contributed by atoms with Crippen LogP contribution in [0.1, 0.15) is 17.0 Å². The molecular weight excluding hydrogens is 254 g/mol. The molecule has 1 N–H and O–H groups in total. The molecule has 0 saturated carbocycles. The van der Waals surface area contributed by atoms with Gasteiger partial charge in [-0.05, 0) is 38.3 Å². The molecule has 0 fully saturated rings. The van der Waals surface area contributed by atoms with Crippen LogP contribution in [0.25, 0.3) is 0 Å². The zero-order valence-corrected chi connectivity index (χ0v) is 12.0. The van der Waals surface area contributed by atoms with E-state index in [0.717, 1.165) is 27.7 Å². The summed E-state index contributed by atoms with van der Waals surface area (Å²) in [7, 11) is 0. The molecule has 0 aliphatic rings.